The molecule has 3 N–H and O–H groups in total. The van der Waals surface area contributed by atoms with Gasteiger partial charge in [-0.15, -0.1) is 0 Å². The number of halogens is 1. The number of benzene rings is 2. The van der Waals surface area contributed by atoms with Crippen molar-refractivity contribution >= 4 is 40.6 Å². The van der Waals surface area contributed by atoms with Crippen LogP contribution >= 0.6 is 0 Å². The number of rotatable bonds is 11. The van der Waals surface area contributed by atoms with E-state index in [-0.39, 0.29) is 41.9 Å². The van der Waals surface area contributed by atoms with E-state index in [2.05, 4.69) is 55.8 Å². The first kappa shape index (κ1) is 41.7. The number of piperidine rings is 1. The van der Waals surface area contributed by atoms with E-state index in [1.807, 2.05) is 36.2 Å². The van der Waals surface area contributed by atoms with Gasteiger partial charge in [0.15, 0.2) is 5.82 Å². The van der Waals surface area contributed by atoms with Gasteiger partial charge in [-0.3, -0.25) is 29.3 Å². The lowest BCUT2D eigenvalue weighted by atomic mass is 10.0. The third-order valence-electron chi connectivity index (χ3n) is 12.0. The predicted octanol–water partition coefficient (Wildman–Crippen LogP) is 5.76. The lowest BCUT2D eigenvalue weighted by Gasteiger charge is -2.34. The Balaban J connectivity index is 0.000000184. The van der Waals surface area contributed by atoms with Crippen molar-refractivity contribution in [1.82, 2.24) is 45.1 Å². The van der Waals surface area contributed by atoms with E-state index in [0.717, 1.165) is 99.1 Å². The summed E-state index contributed by atoms with van der Waals surface area (Å²) in [6, 6.07) is 11.2. The molecule has 5 amide bonds. The van der Waals surface area contributed by atoms with Gasteiger partial charge in [-0.2, -0.15) is 5.10 Å². The lowest BCUT2D eigenvalue weighted by Crippen LogP contribution is -2.52. The van der Waals surface area contributed by atoms with Crippen molar-refractivity contribution in [3.05, 3.63) is 70.8 Å². The molecule has 14 nitrogen and oxygen atoms in total. The third kappa shape index (κ3) is 9.72. The maximum atomic E-state index is 14.7. The standard InChI is InChI=1S/C24H33N5O4.C20H24FN5/c1-25-24(33)28-13-11-27(12-14-28)10-4-2-3-5-17-6-7-19-18(15-17)16-29(23(19)32)20-8-9-21(30)26-22(20)31;1-12(2)19-15-10-13(11-16(21)18(15)25-26(19)3)17-8-9-22-20(24-17)23-14-6-4-5-7-14/h6-7,15,20H,2-5,8-14,16H2,1H3,(H,25,33)(H,26,30,31);8-12,14H,4-7H2,1-3H3,(H,22,23,24). The minimum Gasteiger partial charge on any atom is -0.351 e. The molecule has 4 aromatic rings. The van der Waals surface area contributed by atoms with Gasteiger partial charge in [-0.25, -0.2) is 19.2 Å². The van der Waals surface area contributed by atoms with Crippen LogP contribution in [-0.2, 0) is 29.6 Å². The second-order valence-electron chi connectivity index (χ2n) is 16.5. The fourth-order valence-corrected chi connectivity index (χ4v) is 8.91. The summed E-state index contributed by atoms with van der Waals surface area (Å²) in [6.45, 7) is 9.08. The van der Waals surface area contributed by atoms with E-state index in [0.29, 0.717) is 36.0 Å². The number of imide groups is 1. The Morgan fingerprint density at radius 2 is 1.76 bits per heavy atom. The molecule has 0 spiro atoms. The van der Waals surface area contributed by atoms with Crippen LogP contribution in [0.25, 0.3) is 22.2 Å². The van der Waals surface area contributed by atoms with Gasteiger partial charge in [0.05, 0.1) is 5.69 Å². The average Bonchev–Trinajstić information content (AvgIpc) is 3.95. The number of carbonyl (C=O) groups is 4. The molecule has 314 valence electrons. The van der Waals surface area contributed by atoms with Crippen LogP contribution in [-0.4, -0.2) is 110 Å². The van der Waals surface area contributed by atoms with Gasteiger partial charge in [0, 0.05) is 87.7 Å². The predicted molar refractivity (Wildman–Crippen MR) is 224 cm³/mol. The molecule has 1 aliphatic carbocycles. The number of aryl methyl sites for hydroxylation is 2. The van der Waals surface area contributed by atoms with Crippen molar-refractivity contribution in [2.75, 3.05) is 45.1 Å². The van der Waals surface area contributed by atoms with E-state index in [4.69, 9.17) is 0 Å². The Kier molecular flexibility index (Phi) is 13.2. The summed E-state index contributed by atoms with van der Waals surface area (Å²) in [5, 5.41) is 13.6. The van der Waals surface area contributed by atoms with Crippen LogP contribution in [0.1, 0.15) is 105 Å². The smallest absolute Gasteiger partial charge is 0.317 e. The summed E-state index contributed by atoms with van der Waals surface area (Å²) in [6.07, 6.45) is 11.5. The third-order valence-corrected chi connectivity index (χ3v) is 12.0. The molecule has 0 bridgehead atoms. The fourth-order valence-electron chi connectivity index (χ4n) is 8.91. The second-order valence-corrected chi connectivity index (χ2v) is 16.5. The number of amides is 5. The maximum Gasteiger partial charge on any atom is 0.317 e. The number of hydrogen-bond donors (Lipinski definition) is 3. The first-order valence-corrected chi connectivity index (χ1v) is 21.2. The monoisotopic (exact) mass is 808 g/mol. The molecule has 3 aliphatic heterocycles. The number of urea groups is 1. The topological polar surface area (TPSA) is 158 Å². The summed E-state index contributed by atoms with van der Waals surface area (Å²) in [5.41, 5.74) is 5.76. The fraction of sp³-hybridized carbons (Fsp3) is 0.523. The molecule has 2 aromatic carbocycles. The first-order valence-electron chi connectivity index (χ1n) is 21.2. The van der Waals surface area contributed by atoms with Crippen molar-refractivity contribution in [3.8, 4) is 11.3 Å². The molecule has 2 aromatic heterocycles. The Morgan fingerprint density at radius 1 is 0.983 bits per heavy atom. The van der Waals surface area contributed by atoms with Gasteiger partial charge >= 0.3 is 6.03 Å². The minimum atomic E-state index is -0.565. The number of unbranched alkanes of at least 4 members (excludes halogenated alkanes) is 2. The zero-order valence-electron chi connectivity index (χ0n) is 34.7. The number of piperazine rings is 1. The molecule has 0 radical (unpaired) electrons. The van der Waals surface area contributed by atoms with Gasteiger partial charge in [-0.1, -0.05) is 45.2 Å². The molecule has 2 saturated heterocycles. The second kappa shape index (κ2) is 18.6. The van der Waals surface area contributed by atoms with Crippen LogP contribution in [0.4, 0.5) is 15.1 Å². The molecule has 1 saturated carbocycles. The number of fused-ring (bicyclic) bond motifs is 2. The van der Waals surface area contributed by atoms with Crippen molar-refractivity contribution < 1.29 is 23.6 Å². The summed E-state index contributed by atoms with van der Waals surface area (Å²) < 4.78 is 16.5. The Hall–Kier alpha value is -5.44. The quantitative estimate of drug-likeness (QED) is 0.127. The SMILES string of the molecule is CC(C)c1c2cc(-c3ccnc(NC4CCCC4)n3)cc(F)c2nn1C.CNC(=O)N1CCN(CCCCCc2ccc3c(c2)CN(C2CCC(=O)NC2=O)C3=O)CC1. The van der Waals surface area contributed by atoms with Crippen molar-refractivity contribution in [3.63, 3.8) is 0 Å². The van der Waals surface area contributed by atoms with Crippen LogP contribution in [0, 0.1) is 5.82 Å². The summed E-state index contributed by atoms with van der Waals surface area (Å²) in [7, 11) is 3.53. The van der Waals surface area contributed by atoms with Gasteiger partial charge in [0.2, 0.25) is 17.8 Å². The first-order chi connectivity index (χ1) is 28.5. The van der Waals surface area contributed by atoms with E-state index < -0.39 is 6.04 Å². The highest BCUT2D eigenvalue weighted by molar-refractivity contribution is 6.05. The van der Waals surface area contributed by atoms with E-state index >= 15 is 0 Å². The molecule has 15 heteroatoms. The van der Waals surface area contributed by atoms with Crippen molar-refractivity contribution in [2.24, 2.45) is 7.05 Å². The van der Waals surface area contributed by atoms with Crippen molar-refractivity contribution in [1.29, 1.82) is 0 Å². The molecule has 59 heavy (non-hydrogen) atoms. The zero-order chi connectivity index (χ0) is 41.6. The molecular weight excluding hydrogens is 752 g/mol. The minimum absolute atomic E-state index is 0.00549. The lowest BCUT2D eigenvalue weighted by molar-refractivity contribution is -0.136. The van der Waals surface area contributed by atoms with Crippen LogP contribution in [0.2, 0.25) is 0 Å². The Morgan fingerprint density at radius 3 is 2.49 bits per heavy atom. The highest BCUT2D eigenvalue weighted by atomic mass is 19.1. The Labute approximate surface area is 345 Å². The molecule has 8 rings (SSSR count). The Bertz CT molecular complexity index is 2180. The summed E-state index contributed by atoms with van der Waals surface area (Å²) in [5.74, 6) is -0.210. The maximum absolute atomic E-state index is 14.7. The molecule has 4 aliphatic rings. The van der Waals surface area contributed by atoms with Gasteiger partial charge in [0.1, 0.15) is 11.6 Å². The highest BCUT2D eigenvalue weighted by Gasteiger charge is 2.39. The molecule has 3 fully saturated rings. The number of hydrogen-bond acceptors (Lipinski definition) is 9. The van der Waals surface area contributed by atoms with Crippen molar-refractivity contribution in [2.45, 2.75) is 103 Å². The molecule has 5 heterocycles. The van der Waals surface area contributed by atoms with Gasteiger partial charge in [-0.05, 0) is 86.4 Å². The van der Waals surface area contributed by atoms with E-state index in [1.54, 1.807) is 22.8 Å². The number of carbonyl (C=O) groups excluding carboxylic acids is 4. The molecule has 1 unspecified atom stereocenters. The van der Waals surface area contributed by atoms with E-state index in [9.17, 15) is 23.6 Å². The zero-order valence-corrected chi connectivity index (χ0v) is 34.7. The summed E-state index contributed by atoms with van der Waals surface area (Å²) in [4.78, 5) is 62.9. The average molecular weight is 809 g/mol. The van der Waals surface area contributed by atoms with Crippen LogP contribution in [0.3, 0.4) is 0 Å². The van der Waals surface area contributed by atoms with Gasteiger partial charge in [0.25, 0.3) is 5.91 Å². The largest absolute Gasteiger partial charge is 0.351 e. The van der Waals surface area contributed by atoms with E-state index in [1.165, 1.54) is 24.5 Å². The number of aromatic nitrogens is 4. The van der Waals surface area contributed by atoms with Gasteiger partial charge < -0.3 is 20.4 Å². The van der Waals surface area contributed by atoms with Crippen LogP contribution < -0.4 is 16.0 Å². The highest BCUT2D eigenvalue weighted by Crippen LogP contribution is 2.32. The number of anilines is 1. The number of nitrogens with one attached hydrogen (secondary N) is 3. The molecule has 1 atom stereocenters. The summed E-state index contributed by atoms with van der Waals surface area (Å²) >= 11 is 0. The normalized spacial score (nSPS) is 18.6. The molecular formula is C44H57FN10O4. The van der Waals surface area contributed by atoms with Crippen LogP contribution in [0.5, 0.6) is 0 Å². The number of nitrogens with zero attached hydrogens (tertiary/aromatic N) is 7. The van der Waals surface area contributed by atoms with Crippen LogP contribution in [0.15, 0.2) is 42.6 Å².